The Hall–Kier alpha value is -2.67. The van der Waals surface area contributed by atoms with Crippen molar-refractivity contribution in [2.24, 2.45) is 0 Å². The highest BCUT2D eigenvalue weighted by molar-refractivity contribution is 7.12. The number of aromatic amines is 1. The van der Waals surface area contributed by atoms with Crippen LogP contribution in [0.5, 0.6) is 0 Å². The molecule has 0 saturated carbocycles. The Balaban J connectivity index is 1.20. The van der Waals surface area contributed by atoms with Gasteiger partial charge in [0.05, 0.1) is 15.9 Å². The number of carbonyl (C=O) groups is 2. The van der Waals surface area contributed by atoms with Crippen LogP contribution in [0, 0.1) is 0 Å². The fourth-order valence-corrected chi connectivity index (χ4v) is 4.30. The van der Waals surface area contributed by atoms with Gasteiger partial charge in [-0.15, -0.1) is 11.3 Å². The second-order valence-corrected chi connectivity index (χ2v) is 8.08. The third kappa shape index (κ3) is 4.25. The molecule has 1 aliphatic rings. The minimum Gasteiger partial charge on any atom is -0.351 e. The molecule has 3 aromatic rings. The molecule has 0 bridgehead atoms. The maximum atomic E-state index is 12.4. The van der Waals surface area contributed by atoms with Crippen LogP contribution in [0.2, 0.25) is 0 Å². The quantitative estimate of drug-likeness (QED) is 0.626. The third-order valence-electron chi connectivity index (χ3n) is 5.24. The Morgan fingerprint density at radius 3 is 2.75 bits per heavy atom. The monoisotopic (exact) mass is 396 g/mol. The smallest absolute Gasteiger partial charge is 0.261 e. The molecule has 0 spiro atoms. The number of piperidine rings is 1. The summed E-state index contributed by atoms with van der Waals surface area (Å²) < 4.78 is 0. The summed E-state index contributed by atoms with van der Waals surface area (Å²) in [5.74, 6) is 1.52. The number of imidazole rings is 1. The molecule has 1 aliphatic heterocycles. The predicted molar refractivity (Wildman–Crippen MR) is 111 cm³/mol. The maximum Gasteiger partial charge on any atom is 0.261 e. The number of hydrogen-bond donors (Lipinski definition) is 2. The Kier molecular flexibility index (Phi) is 5.71. The van der Waals surface area contributed by atoms with Gasteiger partial charge >= 0.3 is 0 Å². The summed E-state index contributed by atoms with van der Waals surface area (Å²) >= 11 is 1.42. The van der Waals surface area contributed by atoms with Crippen LogP contribution in [0.1, 0.15) is 47.1 Å². The van der Waals surface area contributed by atoms with Gasteiger partial charge in [0.25, 0.3) is 5.91 Å². The lowest BCUT2D eigenvalue weighted by atomic mass is 9.96. The first kappa shape index (κ1) is 18.7. The number of nitrogens with zero attached hydrogens (tertiary/aromatic N) is 2. The molecular weight excluding hydrogens is 372 g/mol. The first-order valence-corrected chi connectivity index (χ1v) is 10.6. The molecule has 4 rings (SSSR count). The van der Waals surface area contributed by atoms with E-state index in [9.17, 15) is 9.59 Å². The normalized spacial score (nSPS) is 15.1. The highest BCUT2D eigenvalue weighted by atomic mass is 32.1. The molecule has 7 heteroatoms. The SMILES string of the molecule is O=C(NCCCC(=O)N1CCC(c2nc3ccccc3[nH]2)CC1)c1cccs1. The molecule has 3 heterocycles. The zero-order valence-electron chi connectivity index (χ0n) is 15.7. The van der Waals surface area contributed by atoms with E-state index in [2.05, 4.69) is 10.3 Å². The summed E-state index contributed by atoms with van der Waals surface area (Å²) in [6, 6.07) is 11.7. The molecule has 1 saturated heterocycles. The number of benzene rings is 1. The van der Waals surface area contributed by atoms with E-state index in [1.54, 1.807) is 6.07 Å². The Bertz CT molecular complexity index is 909. The number of carbonyl (C=O) groups excluding carboxylic acids is 2. The fraction of sp³-hybridized carbons (Fsp3) is 0.381. The molecule has 28 heavy (non-hydrogen) atoms. The second kappa shape index (κ2) is 8.56. The summed E-state index contributed by atoms with van der Waals surface area (Å²) in [4.78, 5) is 35.1. The number of para-hydroxylation sites is 2. The van der Waals surface area contributed by atoms with Crippen molar-refractivity contribution in [3.8, 4) is 0 Å². The number of aromatic nitrogens is 2. The Labute approximate surface area is 168 Å². The lowest BCUT2D eigenvalue weighted by Gasteiger charge is -2.31. The molecule has 1 aromatic carbocycles. The molecule has 0 radical (unpaired) electrons. The molecule has 0 aliphatic carbocycles. The third-order valence-corrected chi connectivity index (χ3v) is 6.11. The van der Waals surface area contributed by atoms with Crippen LogP contribution in [-0.4, -0.2) is 46.3 Å². The summed E-state index contributed by atoms with van der Waals surface area (Å²) in [5, 5.41) is 4.76. The minimum atomic E-state index is -0.0610. The van der Waals surface area contributed by atoms with Crippen molar-refractivity contribution in [2.45, 2.75) is 31.6 Å². The van der Waals surface area contributed by atoms with E-state index < -0.39 is 0 Å². The highest BCUT2D eigenvalue weighted by Crippen LogP contribution is 2.28. The van der Waals surface area contributed by atoms with Crippen LogP contribution in [0.3, 0.4) is 0 Å². The van der Waals surface area contributed by atoms with E-state index in [0.717, 1.165) is 42.8 Å². The van der Waals surface area contributed by atoms with Gasteiger partial charge in [0.15, 0.2) is 0 Å². The molecule has 146 valence electrons. The minimum absolute atomic E-state index is 0.0610. The summed E-state index contributed by atoms with van der Waals surface area (Å²) in [5.41, 5.74) is 2.07. The van der Waals surface area contributed by atoms with Crippen molar-refractivity contribution in [2.75, 3.05) is 19.6 Å². The van der Waals surface area contributed by atoms with Crippen LogP contribution in [-0.2, 0) is 4.79 Å². The van der Waals surface area contributed by atoms with Gasteiger partial charge in [0, 0.05) is 32.0 Å². The Morgan fingerprint density at radius 2 is 2.00 bits per heavy atom. The van der Waals surface area contributed by atoms with E-state index in [0.29, 0.717) is 30.2 Å². The van der Waals surface area contributed by atoms with Gasteiger partial charge in [-0.2, -0.15) is 0 Å². The number of likely N-dealkylation sites (tertiary alicyclic amines) is 1. The molecule has 0 atom stereocenters. The van der Waals surface area contributed by atoms with Crippen molar-refractivity contribution in [1.82, 2.24) is 20.2 Å². The number of amides is 2. The summed E-state index contributed by atoms with van der Waals surface area (Å²) in [6.07, 6.45) is 3.00. The molecule has 1 fully saturated rings. The molecule has 0 unspecified atom stereocenters. The summed E-state index contributed by atoms with van der Waals surface area (Å²) in [7, 11) is 0. The number of fused-ring (bicyclic) bond motifs is 1. The predicted octanol–water partition coefficient (Wildman–Crippen LogP) is 3.54. The number of hydrogen-bond acceptors (Lipinski definition) is 4. The summed E-state index contributed by atoms with van der Waals surface area (Å²) in [6.45, 7) is 2.06. The molecule has 6 nitrogen and oxygen atoms in total. The molecular formula is C21H24N4O2S. The molecule has 2 aromatic heterocycles. The van der Waals surface area contributed by atoms with Crippen LogP contribution >= 0.6 is 11.3 Å². The fourth-order valence-electron chi connectivity index (χ4n) is 3.66. The lowest BCUT2D eigenvalue weighted by Crippen LogP contribution is -2.38. The average molecular weight is 397 g/mol. The standard InChI is InChI=1S/C21H24N4O2S/c26-19(8-3-11-22-21(27)18-7-4-14-28-18)25-12-9-15(10-13-25)20-23-16-5-1-2-6-17(16)24-20/h1-2,4-7,14-15H,3,8-13H2,(H,22,27)(H,23,24). The maximum absolute atomic E-state index is 12.4. The van der Waals surface area contributed by atoms with Gasteiger partial charge in [-0.3, -0.25) is 9.59 Å². The van der Waals surface area contributed by atoms with Gasteiger partial charge in [-0.25, -0.2) is 4.98 Å². The van der Waals surface area contributed by atoms with Crippen molar-refractivity contribution in [1.29, 1.82) is 0 Å². The molecule has 2 N–H and O–H groups in total. The van der Waals surface area contributed by atoms with Crippen molar-refractivity contribution >= 4 is 34.2 Å². The van der Waals surface area contributed by atoms with Crippen molar-refractivity contribution in [3.63, 3.8) is 0 Å². The zero-order valence-corrected chi connectivity index (χ0v) is 16.5. The first-order valence-electron chi connectivity index (χ1n) is 9.75. The largest absolute Gasteiger partial charge is 0.351 e. The number of H-pyrrole nitrogens is 1. The van der Waals surface area contributed by atoms with E-state index in [1.807, 2.05) is 40.6 Å². The number of thiophene rings is 1. The topological polar surface area (TPSA) is 78.1 Å². The van der Waals surface area contributed by atoms with Gasteiger partial charge in [0.2, 0.25) is 5.91 Å². The van der Waals surface area contributed by atoms with Gasteiger partial charge in [-0.05, 0) is 42.8 Å². The molecule has 2 amide bonds. The number of rotatable bonds is 6. The van der Waals surface area contributed by atoms with Crippen molar-refractivity contribution < 1.29 is 9.59 Å². The Morgan fingerprint density at radius 1 is 1.18 bits per heavy atom. The van der Waals surface area contributed by atoms with Crippen LogP contribution in [0.4, 0.5) is 0 Å². The van der Waals surface area contributed by atoms with E-state index in [1.165, 1.54) is 11.3 Å². The first-order chi connectivity index (χ1) is 13.7. The van der Waals surface area contributed by atoms with Crippen LogP contribution < -0.4 is 5.32 Å². The van der Waals surface area contributed by atoms with Crippen LogP contribution in [0.25, 0.3) is 11.0 Å². The lowest BCUT2D eigenvalue weighted by molar-refractivity contribution is -0.132. The van der Waals surface area contributed by atoms with E-state index in [4.69, 9.17) is 4.98 Å². The van der Waals surface area contributed by atoms with Gasteiger partial charge < -0.3 is 15.2 Å². The average Bonchev–Trinajstić information content (AvgIpc) is 3.41. The highest BCUT2D eigenvalue weighted by Gasteiger charge is 2.25. The van der Waals surface area contributed by atoms with Gasteiger partial charge in [-0.1, -0.05) is 18.2 Å². The van der Waals surface area contributed by atoms with Crippen LogP contribution in [0.15, 0.2) is 41.8 Å². The second-order valence-electron chi connectivity index (χ2n) is 7.13. The number of nitrogens with one attached hydrogen (secondary N) is 2. The van der Waals surface area contributed by atoms with Crippen molar-refractivity contribution in [3.05, 3.63) is 52.5 Å². The van der Waals surface area contributed by atoms with E-state index in [-0.39, 0.29) is 11.8 Å². The van der Waals surface area contributed by atoms with E-state index >= 15 is 0 Å². The van der Waals surface area contributed by atoms with Gasteiger partial charge in [0.1, 0.15) is 5.82 Å². The zero-order chi connectivity index (χ0) is 19.3.